The third kappa shape index (κ3) is 3.29. The minimum absolute atomic E-state index is 0.0373. The Labute approximate surface area is 155 Å². The largest absolute Gasteiger partial charge is 0.490 e. The molecule has 1 unspecified atom stereocenters. The van der Waals surface area contributed by atoms with Crippen LogP contribution in [0.2, 0.25) is 0 Å². The number of hydrogen-bond acceptors (Lipinski definition) is 4. The van der Waals surface area contributed by atoms with Gasteiger partial charge in [0, 0.05) is 17.3 Å². The van der Waals surface area contributed by atoms with Crippen molar-refractivity contribution in [3.63, 3.8) is 0 Å². The van der Waals surface area contributed by atoms with E-state index in [0.29, 0.717) is 23.4 Å². The number of fused-ring (bicyclic) bond motifs is 1. The number of halogens is 2. The maximum absolute atomic E-state index is 13.1. The average molecular weight is 374 g/mol. The molecule has 2 aliphatic rings. The molecule has 1 N–H and O–H groups in total. The highest BCUT2D eigenvalue weighted by Gasteiger charge is 2.43. The van der Waals surface area contributed by atoms with Crippen LogP contribution >= 0.6 is 0 Å². The van der Waals surface area contributed by atoms with Crippen LogP contribution in [0.4, 0.5) is 14.5 Å². The van der Waals surface area contributed by atoms with E-state index in [2.05, 4.69) is 5.32 Å². The summed E-state index contributed by atoms with van der Waals surface area (Å²) in [7, 11) is 0. The Kier molecular flexibility index (Phi) is 4.59. The minimum Gasteiger partial charge on any atom is -0.490 e. The van der Waals surface area contributed by atoms with Crippen molar-refractivity contribution in [1.82, 2.24) is 4.90 Å². The molecule has 0 spiro atoms. The van der Waals surface area contributed by atoms with Crippen molar-refractivity contribution in [2.75, 3.05) is 11.9 Å². The Balaban J connectivity index is 1.81. The van der Waals surface area contributed by atoms with Gasteiger partial charge < -0.3 is 19.7 Å². The van der Waals surface area contributed by atoms with Crippen LogP contribution in [0, 0.1) is 0 Å². The average Bonchev–Trinajstić information content (AvgIpc) is 3.48. The van der Waals surface area contributed by atoms with Gasteiger partial charge in [-0.1, -0.05) is 24.3 Å². The molecule has 1 aliphatic carbocycles. The van der Waals surface area contributed by atoms with E-state index in [0.717, 1.165) is 12.8 Å². The van der Waals surface area contributed by atoms with Crippen molar-refractivity contribution in [3.05, 3.63) is 53.6 Å². The number of carbonyl (C=O) groups excluding carboxylic acids is 1. The van der Waals surface area contributed by atoms with Crippen LogP contribution in [-0.2, 0) is 0 Å². The Morgan fingerprint density at radius 1 is 1.19 bits per heavy atom. The lowest BCUT2D eigenvalue weighted by atomic mass is 10.0. The van der Waals surface area contributed by atoms with E-state index in [1.165, 1.54) is 0 Å². The van der Waals surface area contributed by atoms with Gasteiger partial charge in [0.25, 0.3) is 5.91 Å². The van der Waals surface area contributed by atoms with Gasteiger partial charge in [-0.15, -0.1) is 0 Å². The fourth-order valence-electron chi connectivity index (χ4n) is 3.46. The van der Waals surface area contributed by atoms with Crippen LogP contribution in [0.25, 0.3) is 0 Å². The highest BCUT2D eigenvalue weighted by Crippen LogP contribution is 2.45. The van der Waals surface area contributed by atoms with Crippen molar-refractivity contribution < 1.29 is 23.0 Å². The van der Waals surface area contributed by atoms with Gasteiger partial charge in [0.1, 0.15) is 6.17 Å². The number of nitrogens with zero attached hydrogens (tertiary/aromatic N) is 1. The first-order valence-corrected chi connectivity index (χ1v) is 8.99. The number of carbonyl (C=O) groups is 1. The van der Waals surface area contributed by atoms with Crippen LogP contribution in [0.15, 0.2) is 42.5 Å². The summed E-state index contributed by atoms with van der Waals surface area (Å²) in [6, 6.07) is 12.3. The summed E-state index contributed by atoms with van der Waals surface area (Å²) in [5.41, 5.74) is 1.71. The molecule has 0 saturated heterocycles. The molecule has 0 aromatic heterocycles. The van der Waals surface area contributed by atoms with Crippen LogP contribution in [0.5, 0.6) is 11.5 Å². The first kappa shape index (κ1) is 17.6. The number of para-hydroxylation sites is 2. The van der Waals surface area contributed by atoms with Crippen molar-refractivity contribution in [3.8, 4) is 11.5 Å². The Morgan fingerprint density at radius 3 is 2.67 bits per heavy atom. The molecular formula is C20H20F2N2O3. The Hall–Kier alpha value is -2.83. The predicted molar refractivity (Wildman–Crippen MR) is 96.2 cm³/mol. The van der Waals surface area contributed by atoms with Gasteiger partial charge >= 0.3 is 6.61 Å². The number of amides is 1. The third-order valence-electron chi connectivity index (χ3n) is 4.71. The molecular weight excluding hydrogens is 354 g/mol. The monoisotopic (exact) mass is 374 g/mol. The zero-order valence-corrected chi connectivity index (χ0v) is 14.8. The van der Waals surface area contributed by atoms with E-state index in [9.17, 15) is 13.6 Å². The molecule has 0 bridgehead atoms. The lowest BCUT2D eigenvalue weighted by molar-refractivity contribution is -0.0526. The van der Waals surface area contributed by atoms with Gasteiger partial charge in [0.15, 0.2) is 11.5 Å². The molecule has 1 saturated carbocycles. The first-order valence-electron chi connectivity index (χ1n) is 8.99. The van der Waals surface area contributed by atoms with Crippen molar-refractivity contribution in [1.29, 1.82) is 0 Å². The zero-order chi connectivity index (χ0) is 19.0. The molecule has 1 fully saturated rings. The second-order valence-corrected chi connectivity index (χ2v) is 6.52. The highest BCUT2D eigenvalue weighted by atomic mass is 19.3. The van der Waals surface area contributed by atoms with Gasteiger partial charge in [-0.2, -0.15) is 8.78 Å². The quantitative estimate of drug-likeness (QED) is 0.813. The van der Waals surface area contributed by atoms with Crippen LogP contribution in [0.1, 0.15) is 41.9 Å². The molecule has 1 amide bonds. The summed E-state index contributed by atoms with van der Waals surface area (Å²) in [5, 5.41) is 3.32. The molecule has 27 heavy (non-hydrogen) atoms. The summed E-state index contributed by atoms with van der Waals surface area (Å²) in [6.07, 6.45) is 1.18. The van der Waals surface area contributed by atoms with Crippen LogP contribution in [0.3, 0.4) is 0 Å². The van der Waals surface area contributed by atoms with E-state index in [1.807, 2.05) is 18.2 Å². The molecule has 1 aliphatic heterocycles. The zero-order valence-electron chi connectivity index (χ0n) is 14.8. The van der Waals surface area contributed by atoms with Gasteiger partial charge in [-0.25, -0.2) is 0 Å². The molecule has 5 nitrogen and oxygen atoms in total. The van der Waals surface area contributed by atoms with Gasteiger partial charge in [0.05, 0.1) is 12.2 Å². The number of alkyl halides is 2. The van der Waals surface area contributed by atoms with Crippen molar-refractivity contribution in [2.24, 2.45) is 0 Å². The summed E-state index contributed by atoms with van der Waals surface area (Å²) < 4.78 is 36.5. The molecule has 7 heteroatoms. The van der Waals surface area contributed by atoms with Crippen molar-refractivity contribution in [2.45, 2.75) is 38.6 Å². The highest BCUT2D eigenvalue weighted by molar-refractivity contribution is 6.02. The molecule has 142 valence electrons. The summed E-state index contributed by atoms with van der Waals surface area (Å²) in [6.45, 7) is -0.908. The molecule has 2 aromatic carbocycles. The SMILES string of the molecule is CCOc1cccc(C2Nc3ccccc3C(=O)N2C2CC2)c1OC(F)F. The van der Waals surface area contributed by atoms with Crippen LogP contribution < -0.4 is 14.8 Å². The lowest BCUT2D eigenvalue weighted by Gasteiger charge is -2.39. The van der Waals surface area contributed by atoms with Gasteiger partial charge in [-0.3, -0.25) is 4.79 Å². The Morgan fingerprint density at radius 2 is 1.96 bits per heavy atom. The number of anilines is 1. The topological polar surface area (TPSA) is 50.8 Å². The van der Waals surface area contributed by atoms with E-state index in [-0.39, 0.29) is 23.4 Å². The van der Waals surface area contributed by atoms with Crippen LogP contribution in [-0.4, -0.2) is 30.1 Å². The number of nitrogens with one attached hydrogen (secondary N) is 1. The third-order valence-corrected chi connectivity index (χ3v) is 4.71. The predicted octanol–water partition coefficient (Wildman–Crippen LogP) is 4.42. The number of rotatable bonds is 6. The lowest BCUT2D eigenvalue weighted by Crippen LogP contribution is -2.44. The van der Waals surface area contributed by atoms with Gasteiger partial charge in [-0.05, 0) is 38.0 Å². The summed E-state index contributed by atoms with van der Waals surface area (Å²) in [5.74, 6) is 0.0884. The molecule has 1 atom stereocenters. The standard InChI is InChI=1S/C20H20F2N2O3/c1-2-26-16-9-5-7-14(17(16)27-20(21)22)18-23-15-8-4-3-6-13(15)19(25)24(18)12-10-11-12/h3-9,12,18,20,23H,2,10-11H2,1H3. The van der Waals surface area contributed by atoms with Crippen molar-refractivity contribution >= 4 is 11.6 Å². The molecule has 4 rings (SSSR count). The normalized spacial score (nSPS) is 18.9. The maximum Gasteiger partial charge on any atom is 0.387 e. The fraction of sp³-hybridized carbons (Fsp3) is 0.350. The number of ether oxygens (including phenoxy) is 2. The Bertz CT molecular complexity index is 855. The first-order chi connectivity index (χ1) is 13.1. The number of hydrogen-bond donors (Lipinski definition) is 1. The van der Waals surface area contributed by atoms with E-state index in [1.54, 1.807) is 36.1 Å². The second-order valence-electron chi connectivity index (χ2n) is 6.52. The number of benzene rings is 2. The molecule has 0 radical (unpaired) electrons. The summed E-state index contributed by atoms with van der Waals surface area (Å²) in [4.78, 5) is 14.8. The van der Waals surface area contributed by atoms with E-state index in [4.69, 9.17) is 9.47 Å². The van der Waals surface area contributed by atoms with E-state index >= 15 is 0 Å². The molecule has 2 aromatic rings. The minimum atomic E-state index is -2.99. The fourth-order valence-corrected chi connectivity index (χ4v) is 3.46. The van der Waals surface area contributed by atoms with E-state index < -0.39 is 12.8 Å². The second kappa shape index (κ2) is 7.06. The smallest absolute Gasteiger partial charge is 0.387 e. The van der Waals surface area contributed by atoms with Gasteiger partial charge in [0.2, 0.25) is 0 Å². The maximum atomic E-state index is 13.1. The molecule has 1 heterocycles. The summed E-state index contributed by atoms with van der Waals surface area (Å²) >= 11 is 0.